The second-order valence-corrected chi connectivity index (χ2v) is 3.93. The Morgan fingerprint density at radius 2 is 2.31 bits per heavy atom. The number of aromatic nitrogens is 1. The molecule has 2 rings (SSSR count). The van der Waals surface area contributed by atoms with Crippen molar-refractivity contribution in [3.63, 3.8) is 0 Å². The molecule has 0 bridgehead atoms. The molecule has 0 saturated heterocycles. The maximum atomic E-state index is 11.6. The predicted octanol–water partition coefficient (Wildman–Crippen LogP) is 0.464. The molecule has 6 heteroatoms. The zero-order valence-corrected chi connectivity index (χ0v) is 8.82. The lowest BCUT2D eigenvalue weighted by Crippen LogP contribution is -2.36. The van der Waals surface area contributed by atoms with Gasteiger partial charge in [-0.25, -0.2) is 4.98 Å². The molecule has 1 saturated carbocycles. The summed E-state index contributed by atoms with van der Waals surface area (Å²) in [5.41, 5.74) is -1.21. The first-order chi connectivity index (χ1) is 7.54. The van der Waals surface area contributed by atoms with Crippen LogP contribution in [-0.2, 0) is 16.1 Å². The van der Waals surface area contributed by atoms with Gasteiger partial charge in [0.2, 0.25) is 11.8 Å². The summed E-state index contributed by atoms with van der Waals surface area (Å²) in [7, 11) is 0. The number of carbonyl (C=O) groups is 2. The number of aryl methyl sites for hydroxylation is 1. The molecule has 1 aromatic rings. The van der Waals surface area contributed by atoms with Crippen molar-refractivity contribution < 1.29 is 19.1 Å². The van der Waals surface area contributed by atoms with Crippen LogP contribution in [-0.4, -0.2) is 22.0 Å². The SMILES string of the molecule is Cc1cnc(CNC(=O)C2(C(=O)O)CC2)o1. The third kappa shape index (κ3) is 1.78. The third-order valence-corrected chi connectivity index (χ3v) is 2.66. The van der Waals surface area contributed by atoms with Gasteiger partial charge in [0, 0.05) is 0 Å². The van der Waals surface area contributed by atoms with Crippen LogP contribution in [0.15, 0.2) is 10.6 Å². The summed E-state index contributed by atoms with van der Waals surface area (Å²) in [6.45, 7) is 1.87. The maximum Gasteiger partial charge on any atom is 0.319 e. The summed E-state index contributed by atoms with van der Waals surface area (Å²) in [6, 6.07) is 0. The van der Waals surface area contributed by atoms with Crippen molar-refractivity contribution in [1.29, 1.82) is 0 Å². The molecule has 0 radical (unpaired) electrons. The summed E-state index contributed by atoms with van der Waals surface area (Å²) < 4.78 is 5.15. The monoisotopic (exact) mass is 224 g/mol. The molecular formula is C10H12N2O4. The highest BCUT2D eigenvalue weighted by Crippen LogP contribution is 2.46. The molecule has 0 aromatic carbocycles. The summed E-state index contributed by atoms with van der Waals surface area (Å²) in [5.74, 6) is -0.486. The molecule has 0 aliphatic heterocycles. The fourth-order valence-electron chi connectivity index (χ4n) is 1.47. The van der Waals surface area contributed by atoms with E-state index in [-0.39, 0.29) is 6.54 Å². The third-order valence-electron chi connectivity index (χ3n) is 2.66. The van der Waals surface area contributed by atoms with Gasteiger partial charge in [-0.05, 0) is 19.8 Å². The Labute approximate surface area is 91.7 Å². The van der Waals surface area contributed by atoms with E-state index in [0.29, 0.717) is 24.5 Å². The lowest BCUT2D eigenvalue weighted by Gasteiger charge is -2.08. The first kappa shape index (κ1) is 10.7. The molecule has 1 heterocycles. The van der Waals surface area contributed by atoms with Crippen molar-refractivity contribution in [3.8, 4) is 0 Å². The Hall–Kier alpha value is -1.85. The zero-order chi connectivity index (χ0) is 11.8. The van der Waals surface area contributed by atoms with Gasteiger partial charge < -0.3 is 14.8 Å². The standard InChI is InChI=1S/C10H12N2O4/c1-6-4-11-7(16-6)5-12-8(13)10(2-3-10)9(14)15/h4H,2-3,5H2,1H3,(H,12,13)(H,14,15). The molecule has 86 valence electrons. The van der Waals surface area contributed by atoms with Gasteiger partial charge in [0.1, 0.15) is 11.2 Å². The van der Waals surface area contributed by atoms with Crippen LogP contribution in [0.1, 0.15) is 24.5 Å². The van der Waals surface area contributed by atoms with E-state index in [0.717, 1.165) is 0 Å². The van der Waals surface area contributed by atoms with Gasteiger partial charge in [0.05, 0.1) is 12.7 Å². The molecule has 0 unspecified atom stereocenters. The number of oxazole rings is 1. The smallest absolute Gasteiger partial charge is 0.319 e. The Balaban J connectivity index is 1.92. The first-order valence-corrected chi connectivity index (χ1v) is 4.97. The second kappa shape index (κ2) is 3.62. The molecule has 1 amide bonds. The normalized spacial score (nSPS) is 16.8. The number of carboxylic acid groups (broad SMARTS) is 1. The fraction of sp³-hybridized carbons (Fsp3) is 0.500. The molecule has 0 atom stereocenters. The molecule has 2 N–H and O–H groups in total. The Kier molecular flexibility index (Phi) is 2.41. The minimum Gasteiger partial charge on any atom is -0.480 e. The van der Waals surface area contributed by atoms with E-state index < -0.39 is 17.3 Å². The van der Waals surface area contributed by atoms with E-state index in [1.165, 1.54) is 0 Å². The van der Waals surface area contributed by atoms with Gasteiger partial charge >= 0.3 is 5.97 Å². The number of hydrogen-bond acceptors (Lipinski definition) is 4. The highest BCUT2D eigenvalue weighted by Gasteiger charge is 2.56. The van der Waals surface area contributed by atoms with Crippen molar-refractivity contribution in [2.45, 2.75) is 26.3 Å². The second-order valence-electron chi connectivity index (χ2n) is 3.93. The number of nitrogens with zero attached hydrogens (tertiary/aromatic N) is 1. The Morgan fingerprint density at radius 1 is 1.62 bits per heavy atom. The molecular weight excluding hydrogens is 212 g/mol. The van der Waals surface area contributed by atoms with Crippen LogP contribution >= 0.6 is 0 Å². The number of aliphatic carboxylic acids is 1. The number of hydrogen-bond donors (Lipinski definition) is 2. The lowest BCUT2D eigenvalue weighted by atomic mass is 10.1. The average molecular weight is 224 g/mol. The van der Waals surface area contributed by atoms with Crippen LogP contribution in [0.3, 0.4) is 0 Å². The van der Waals surface area contributed by atoms with Gasteiger partial charge in [0.15, 0.2) is 0 Å². The Morgan fingerprint density at radius 3 is 2.75 bits per heavy atom. The van der Waals surface area contributed by atoms with Crippen molar-refractivity contribution in [2.75, 3.05) is 0 Å². The van der Waals surface area contributed by atoms with E-state index in [4.69, 9.17) is 9.52 Å². The average Bonchev–Trinajstić information content (AvgIpc) is 2.95. The highest BCUT2D eigenvalue weighted by atomic mass is 16.4. The van der Waals surface area contributed by atoms with Crippen LogP contribution in [0, 0.1) is 12.3 Å². The van der Waals surface area contributed by atoms with Gasteiger partial charge in [-0.2, -0.15) is 0 Å². The minimum atomic E-state index is -1.21. The van der Waals surface area contributed by atoms with Crippen molar-refractivity contribution >= 4 is 11.9 Å². The number of nitrogens with one attached hydrogen (secondary N) is 1. The van der Waals surface area contributed by atoms with E-state index in [9.17, 15) is 9.59 Å². The summed E-state index contributed by atoms with van der Waals surface area (Å²) in [4.78, 5) is 26.3. The van der Waals surface area contributed by atoms with Crippen LogP contribution in [0.5, 0.6) is 0 Å². The van der Waals surface area contributed by atoms with Crippen LogP contribution in [0.4, 0.5) is 0 Å². The minimum absolute atomic E-state index is 0.127. The molecule has 16 heavy (non-hydrogen) atoms. The van der Waals surface area contributed by atoms with Crippen molar-refractivity contribution in [3.05, 3.63) is 17.8 Å². The van der Waals surface area contributed by atoms with E-state index in [1.54, 1.807) is 13.1 Å². The summed E-state index contributed by atoms with van der Waals surface area (Å²) in [5, 5.41) is 11.4. The van der Waals surface area contributed by atoms with E-state index in [2.05, 4.69) is 10.3 Å². The summed E-state index contributed by atoms with van der Waals surface area (Å²) in [6.07, 6.45) is 2.35. The molecule has 1 aromatic heterocycles. The molecule has 6 nitrogen and oxygen atoms in total. The quantitative estimate of drug-likeness (QED) is 0.725. The topological polar surface area (TPSA) is 92.4 Å². The number of carboxylic acids is 1. The predicted molar refractivity (Wildman–Crippen MR) is 52.4 cm³/mol. The van der Waals surface area contributed by atoms with E-state index in [1.807, 2.05) is 0 Å². The number of amides is 1. The highest BCUT2D eigenvalue weighted by molar-refractivity contribution is 6.04. The first-order valence-electron chi connectivity index (χ1n) is 4.97. The largest absolute Gasteiger partial charge is 0.480 e. The molecule has 0 spiro atoms. The Bertz CT molecular complexity index is 434. The van der Waals surface area contributed by atoms with Crippen molar-refractivity contribution in [1.82, 2.24) is 10.3 Å². The summed E-state index contributed by atoms with van der Waals surface area (Å²) >= 11 is 0. The van der Waals surface area contributed by atoms with Crippen LogP contribution in [0.25, 0.3) is 0 Å². The molecule has 1 aliphatic carbocycles. The van der Waals surface area contributed by atoms with Gasteiger partial charge in [-0.15, -0.1) is 0 Å². The van der Waals surface area contributed by atoms with Gasteiger partial charge in [-0.1, -0.05) is 0 Å². The number of rotatable bonds is 4. The van der Waals surface area contributed by atoms with Gasteiger partial charge in [0.25, 0.3) is 0 Å². The van der Waals surface area contributed by atoms with Crippen LogP contribution < -0.4 is 5.32 Å². The fourth-order valence-corrected chi connectivity index (χ4v) is 1.47. The molecule has 1 fully saturated rings. The number of carbonyl (C=O) groups excluding carboxylic acids is 1. The zero-order valence-electron chi connectivity index (χ0n) is 8.82. The lowest BCUT2D eigenvalue weighted by molar-refractivity contribution is -0.149. The van der Waals surface area contributed by atoms with Gasteiger partial charge in [-0.3, -0.25) is 9.59 Å². The van der Waals surface area contributed by atoms with E-state index >= 15 is 0 Å². The van der Waals surface area contributed by atoms with Crippen LogP contribution in [0.2, 0.25) is 0 Å². The maximum absolute atomic E-state index is 11.6. The molecule has 1 aliphatic rings. The van der Waals surface area contributed by atoms with Crippen molar-refractivity contribution in [2.24, 2.45) is 5.41 Å².